The summed E-state index contributed by atoms with van der Waals surface area (Å²) in [5, 5.41) is 18.4. The van der Waals surface area contributed by atoms with Crippen LogP contribution < -0.4 is 0 Å². The van der Waals surface area contributed by atoms with Crippen molar-refractivity contribution >= 4 is 12.1 Å². The number of aliphatic hydroxyl groups excluding tert-OH is 1. The molecule has 6 heteroatoms. The fourth-order valence-electron chi connectivity index (χ4n) is 1.51. The molecule has 0 bridgehead atoms. The Morgan fingerprint density at radius 1 is 1.62 bits per heavy atom. The summed E-state index contributed by atoms with van der Waals surface area (Å²) >= 11 is 0. The fourth-order valence-corrected chi connectivity index (χ4v) is 1.51. The predicted octanol–water partition coefficient (Wildman–Crippen LogP) is 0.221. The molecule has 1 aliphatic heterocycles. The maximum atomic E-state index is 11.2. The van der Waals surface area contributed by atoms with Gasteiger partial charge in [0.2, 0.25) is 0 Å². The maximum absolute atomic E-state index is 11.2. The Bertz CT molecular complexity index is 312. The summed E-state index contributed by atoms with van der Waals surface area (Å²) in [6.45, 7) is 2.25. The molecule has 1 atom stereocenters. The van der Waals surface area contributed by atoms with E-state index in [1.165, 1.54) is 6.08 Å². The van der Waals surface area contributed by atoms with Crippen LogP contribution in [0.25, 0.3) is 0 Å². The number of nitrogens with zero attached hydrogens (tertiary/aromatic N) is 1. The van der Waals surface area contributed by atoms with Crippen LogP contribution >= 0.6 is 0 Å². The minimum absolute atomic E-state index is 0.0509. The van der Waals surface area contributed by atoms with Gasteiger partial charge in [0.25, 0.3) is 0 Å². The molecule has 1 saturated heterocycles. The number of piperidine rings is 1. The highest BCUT2D eigenvalue weighted by Crippen LogP contribution is 2.16. The van der Waals surface area contributed by atoms with Crippen molar-refractivity contribution in [3.05, 3.63) is 11.6 Å². The Labute approximate surface area is 93.1 Å². The molecule has 0 spiro atoms. The molecule has 0 aromatic heterocycles. The predicted molar refractivity (Wildman–Crippen MR) is 54.9 cm³/mol. The van der Waals surface area contributed by atoms with Crippen molar-refractivity contribution in [1.29, 1.82) is 0 Å². The van der Waals surface area contributed by atoms with Gasteiger partial charge in [0, 0.05) is 19.2 Å². The van der Waals surface area contributed by atoms with Gasteiger partial charge in [0.05, 0.1) is 12.7 Å². The van der Waals surface area contributed by atoms with Gasteiger partial charge < -0.3 is 19.8 Å². The average molecular weight is 229 g/mol. The number of carbonyl (C=O) groups is 2. The molecular formula is C10H15NO5. The molecule has 0 aromatic rings. The van der Waals surface area contributed by atoms with E-state index in [0.717, 1.165) is 4.90 Å². The second-order valence-electron chi connectivity index (χ2n) is 3.48. The van der Waals surface area contributed by atoms with Gasteiger partial charge in [0.1, 0.15) is 0 Å². The van der Waals surface area contributed by atoms with Crippen molar-refractivity contribution < 1.29 is 24.5 Å². The van der Waals surface area contributed by atoms with Crippen LogP contribution in [0.2, 0.25) is 0 Å². The van der Waals surface area contributed by atoms with Crippen LogP contribution in [-0.4, -0.2) is 53.0 Å². The smallest absolute Gasteiger partial charge is 0.407 e. The SMILES string of the molecule is CCOC(=O)/C=C1/CN(C(=O)O)CCC1O. The normalized spacial score (nSPS) is 23.2. The topological polar surface area (TPSA) is 87.1 Å². The van der Waals surface area contributed by atoms with E-state index >= 15 is 0 Å². The van der Waals surface area contributed by atoms with Crippen LogP contribution in [0.1, 0.15) is 13.3 Å². The van der Waals surface area contributed by atoms with E-state index in [9.17, 15) is 14.7 Å². The molecule has 1 amide bonds. The first kappa shape index (κ1) is 12.5. The molecule has 0 aliphatic carbocycles. The van der Waals surface area contributed by atoms with Crippen LogP contribution in [0.3, 0.4) is 0 Å². The summed E-state index contributed by atoms with van der Waals surface area (Å²) in [5.41, 5.74) is 0.382. The number of hydrogen-bond donors (Lipinski definition) is 2. The zero-order chi connectivity index (χ0) is 12.1. The number of esters is 1. The Kier molecular flexibility index (Phi) is 4.30. The third kappa shape index (κ3) is 3.23. The zero-order valence-electron chi connectivity index (χ0n) is 9.05. The number of aliphatic hydroxyl groups is 1. The second kappa shape index (κ2) is 5.50. The van der Waals surface area contributed by atoms with Crippen LogP contribution in [0, 0.1) is 0 Å². The van der Waals surface area contributed by atoms with Gasteiger partial charge in [0.15, 0.2) is 0 Å². The van der Waals surface area contributed by atoms with E-state index in [1.54, 1.807) is 6.92 Å². The molecule has 0 radical (unpaired) electrons. The van der Waals surface area contributed by atoms with Crippen molar-refractivity contribution in [2.45, 2.75) is 19.4 Å². The lowest BCUT2D eigenvalue weighted by atomic mass is 10.0. The monoisotopic (exact) mass is 229 g/mol. The lowest BCUT2D eigenvalue weighted by Crippen LogP contribution is -2.41. The third-order valence-corrected chi connectivity index (χ3v) is 2.33. The van der Waals surface area contributed by atoms with E-state index in [0.29, 0.717) is 12.0 Å². The molecule has 1 fully saturated rings. The number of carboxylic acid groups (broad SMARTS) is 1. The van der Waals surface area contributed by atoms with Crippen LogP contribution in [0.15, 0.2) is 11.6 Å². The molecule has 16 heavy (non-hydrogen) atoms. The van der Waals surface area contributed by atoms with Gasteiger partial charge in [-0.25, -0.2) is 9.59 Å². The molecule has 90 valence electrons. The van der Waals surface area contributed by atoms with Crippen LogP contribution in [0.4, 0.5) is 4.79 Å². The van der Waals surface area contributed by atoms with Gasteiger partial charge in [-0.15, -0.1) is 0 Å². The first-order chi connectivity index (χ1) is 7.54. The first-order valence-electron chi connectivity index (χ1n) is 5.07. The standard InChI is InChI=1S/C10H15NO5/c1-2-16-9(13)5-7-6-11(10(14)15)4-3-8(7)12/h5,8,12H,2-4,6H2,1H3,(H,14,15)/b7-5-. The minimum Gasteiger partial charge on any atom is -0.465 e. The van der Waals surface area contributed by atoms with E-state index < -0.39 is 18.2 Å². The number of carbonyl (C=O) groups excluding carboxylic acids is 1. The molecule has 1 unspecified atom stereocenters. The van der Waals surface area contributed by atoms with Crippen molar-refractivity contribution in [1.82, 2.24) is 4.90 Å². The van der Waals surface area contributed by atoms with E-state index in [1.807, 2.05) is 0 Å². The number of hydrogen-bond acceptors (Lipinski definition) is 4. The third-order valence-electron chi connectivity index (χ3n) is 2.33. The quantitative estimate of drug-likeness (QED) is 0.522. The number of likely N-dealkylation sites (tertiary alicyclic amines) is 1. The van der Waals surface area contributed by atoms with Gasteiger partial charge in [-0.3, -0.25) is 0 Å². The number of ether oxygens (including phenoxy) is 1. The highest BCUT2D eigenvalue weighted by molar-refractivity contribution is 5.83. The maximum Gasteiger partial charge on any atom is 0.407 e. The molecule has 1 rings (SSSR count). The van der Waals surface area contributed by atoms with Gasteiger partial charge >= 0.3 is 12.1 Å². The highest BCUT2D eigenvalue weighted by atomic mass is 16.5. The molecule has 1 heterocycles. The van der Waals surface area contributed by atoms with Gasteiger partial charge in [-0.2, -0.15) is 0 Å². The first-order valence-corrected chi connectivity index (χ1v) is 5.07. The van der Waals surface area contributed by atoms with Crippen molar-refractivity contribution in [2.24, 2.45) is 0 Å². The zero-order valence-corrected chi connectivity index (χ0v) is 9.05. The summed E-state index contributed by atoms with van der Waals surface area (Å²) in [4.78, 5) is 23.0. The summed E-state index contributed by atoms with van der Waals surface area (Å²) < 4.78 is 4.70. The molecule has 0 aromatic carbocycles. The van der Waals surface area contributed by atoms with Gasteiger partial charge in [-0.05, 0) is 18.9 Å². The van der Waals surface area contributed by atoms with E-state index in [-0.39, 0.29) is 19.7 Å². The molecule has 2 N–H and O–H groups in total. The Balaban J connectivity index is 2.69. The highest BCUT2D eigenvalue weighted by Gasteiger charge is 2.25. The average Bonchev–Trinajstić information content (AvgIpc) is 2.21. The Morgan fingerprint density at radius 2 is 2.31 bits per heavy atom. The summed E-state index contributed by atoms with van der Waals surface area (Å²) in [6.07, 6.45) is -0.345. The molecule has 1 aliphatic rings. The second-order valence-corrected chi connectivity index (χ2v) is 3.48. The Morgan fingerprint density at radius 3 is 2.88 bits per heavy atom. The Hall–Kier alpha value is -1.56. The minimum atomic E-state index is -1.05. The van der Waals surface area contributed by atoms with E-state index in [2.05, 4.69) is 0 Å². The molecular weight excluding hydrogens is 214 g/mol. The molecule has 0 saturated carbocycles. The van der Waals surface area contributed by atoms with Crippen LogP contribution in [0.5, 0.6) is 0 Å². The molecule has 6 nitrogen and oxygen atoms in total. The summed E-state index contributed by atoms with van der Waals surface area (Å²) in [7, 11) is 0. The van der Waals surface area contributed by atoms with Crippen molar-refractivity contribution in [3.8, 4) is 0 Å². The van der Waals surface area contributed by atoms with Crippen molar-refractivity contribution in [2.75, 3.05) is 19.7 Å². The van der Waals surface area contributed by atoms with E-state index in [4.69, 9.17) is 9.84 Å². The van der Waals surface area contributed by atoms with Gasteiger partial charge in [-0.1, -0.05) is 0 Å². The fraction of sp³-hybridized carbons (Fsp3) is 0.600. The largest absolute Gasteiger partial charge is 0.465 e. The lowest BCUT2D eigenvalue weighted by Gasteiger charge is -2.29. The van der Waals surface area contributed by atoms with Crippen LogP contribution in [-0.2, 0) is 9.53 Å². The number of rotatable bonds is 2. The van der Waals surface area contributed by atoms with Crippen molar-refractivity contribution in [3.63, 3.8) is 0 Å². The summed E-state index contributed by atoms with van der Waals surface area (Å²) in [5.74, 6) is -0.552. The summed E-state index contributed by atoms with van der Waals surface area (Å²) in [6, 6.07) is 0. The number of amides is 1. The lowest BCUT2D eigenvalue weighted by molar-refractivity contribution is -0.137.